The largest absolute Gasteiger partial charge is 0.342 e. The Balaban J connectivity index is 1.78. The van der Waals surface area contributed by atoms with Gasteiger partial charge in [-0.25, -0.2) is 0 Å². The molecule has 1 fully saturated rings. The molecule has 0 aromatic heterocycles. The molecule has 2 rings (SSSR count). The van der Waals surface area contributed by atoms with Crippen molar-refractivity contribution >= 4 is 21.8 Å². The minimum atomic E-state index is -0.267. The second kappa shape index (κ2) is 6.93. The van der Waals surface area contributed by atoms with E-state index in [0.717, 1.165) is 36.9 Å². The number of benzene rings is 1. The number of amides is 1. The third-order valence-corrected chi connectivity index (χ3v) is 4.40. The van der Waals surface area contributed by atoms with E-state index in [1.54, 1.807) is 0 Å². The fourth-order valence-corrected chi connectivity index (χ4v) is 3.12. The monoisotopic (exact) mass is 352 g/mol. The standard InChI is InChI=1S/C17H25BrN2O/c1-17(2,3)16(21)20-9-7-15(8-10-20)19-12-13-5-4-6-14(18)11-13/h4-6,11,15,19H,7-10,12H2,1-3H3. The third kappa shape index (κ3) is 4.82. The van der Waals surface area contributed by atoms with E-state index < -0.39 is 0 Å². The maximum atomic E-state index is 12.2. The smallest absolute Gasteiger partial charge is 0.227 e. The van der Waals surface area contributed by atoms with Crippen molar-refractivity contribution in [2.24, 2.45) is 5.41 Å². The Morgan fingerprint density at radius 2 is 2.00 bits per heavy atom. The Hall–Kier alpha value is -0.870. The van der Waals surface area contributed by atoms with Gasteiger partial charge in [-0.05, 0) is 30.5 Å². The number of nitrogens with zero attached hydrogens (tertiary/aromatic N) is 1. The number of rotatable bonds is 3. The van der Waals surface area contributed by atoms with Crippen molar-refractivity contribution in [2.45, 2.75) is 46.2 Å². The number of carbonyl (C=O) groups is 1. The lowest BCUT2D eigenvalue weighted by Crippen LogP contribution is -2.48. The molecule has 1 saturated heterocycles. The molecule has 1 heterocycles. The average molecular weight is 353 g/mol. The van der Waals surface area contributed by atoms with Gasteiger partial charge in [-0.2, -0.15) is 0 Å². The molecular formula is C17H25BrN2O. The van der Waals surface area contributed by atoms with Crippen molar-refractivity contribution in [1.29, 1.82) is 0 Å². The van der Waals surface area contributed by atoms with Crippen LogP contribution < -0.4 is 5.32 Å². The molecule has 21 heavy (non-hydrogen) atoms. The van der Waals surface area contributed by atoms with E-state index in [4.69, 9.17) is 0 Å². The van der Waals surface area contributed by atoms with Gasteiger partial charge >= 0.3 is 0 Å². The SMILES string of the molecule is CC(C)(C)C(=O)N1CCC(NCc2cccc(Br)c2)CC1. The Morgan fingerprint density at radius 3 is 2.57 bits per heavy atom. The summed E-state index contributed by atoms with van der Waals surface area (Å²) in [6, 6.07) is 8.89. The van der Waals surface area contributed by atoms with Gasteiger partial charge < -0.3 is 10.2 Å². The van der Waals surface area contributed by atoms with Gasteiger partial charge in [0.05, 0.1) is 0 Å². The van der Waals surface area contributed by atoms with E-state index in [-0.39, 0.29) is 11.3 Å². The summed E-state index contributed by atoms with van der Waals surface area (Å²) in [4.78, 5) is 14.3. The zero-order chi connectivity index (χ0) is 15.5. The van der Waals surface area contributed by atoms with Gasteiger partial charge in [0.25, 0.3) is 0 Å². The molecule has 0 spiro atoms. The molecule has 0 radical (unpaired) electrons. The maximum absolute atomic E-state index is 12.2. The molecular weight excluding hydrogens is 328 g/mol. The zero-order valence-corrected chi connectivity index (χ0v) is 14.7. The predicted octanol–water partition coefficient (Wildman–Crippen LogP) is 3.58. The molecule has 0 aliphatic carbocycles. The van der Waals surface area contributed by atoms with E-state index in [1.807, 2.05) is 31.7 Å². The molecule has 0 unspecified atom stereocenters. The fourth-order valence-electron chi connectivity index (χ4n) is 2.67. The first-order chi connectivity index (χ1) is 9.86. The van der Waals surface area contributed by atoms with Crippen LogP contribution in [0.5, 0.6) is 0 Å². The van der Waals surface area contributed by atoms with Crippen LogP contribution in [0.1, 0.15) is 39.2 Å². The van der Waals surface area contributed by atoms with Crippen molar-refractivity contribution in [3.8, 4) is 0 Å². The van der Waals surface area contributed by atoms with Crippen LogP contribution in [-0.4, -0.2) is 29.9 Å². The lowest BCUT2D eigenvalue weighted by atomic mass is 9.93. The van der Waals surface area contributed by atoms with Gasteiger partial charge in [-0.1, -0.05) is 48.8 Å². The fraction of sp³-hybridized carbons (Fsp3) is 0.588. The molecule has 1 aliphatic rings. The number of hydrogen-bond acceptors (Lipinski definition) is 2. The molecule has 1 aliphatic heterocycles. The molecule has 1 N–H and O–H groups in total. The van der Waals surface area contributed by atoms with Crippen LogP contribution >= 0.6 is 15.9 Å². The second-order valence-corrected chi connectivity index (χ2v) is 7.74. The van der Waals surface area contributed by atoms with Crippen LogP contribution in [0.3, 0.4) is 0 Å². The zero-order valence-electron chi connectivity index (χ0n) is 13.2. The van der Waals surface area contributed by atoms with E-state index in [0.29, 0.717) is 6.04 Å². The lowest BCUT2D eigenvalue weighted by molar-refractivity contribution is -0.140. The summed E-state index contributed by atoms with van der Waals surface area (Å²) in [6.07, 6.45) is 2.08. The minimum absolute atomic E-state index is 0.267. The third-order valence-electron chi connectivity index (χ3n) is 3.91. The van der Waals surface area contributed by atoms with Crippen molar-refractivity contribution in [1.82, 2.24) is 10.2 Å². The topological polar surface area (TPSA) is 32.3 Å². The van der Waals surface area contributed by atoms with Gasteiger partial charge in [0, 0.05) is 35.6 Å². The van der Waals surface area contributed by atoms with Crippen LogP contribution in [0.4, 0.5) is 0 Å². The van der Waals surface area contributed by atoms with Crippen LogP contribution in [0.25, 0.3) is 0 Å². The molecule has 0 bridgehead atoms. The molecule has 1 aromatic rings. The van der Waals surface area contributed by atoms with Crippen LogP contribution in [0.2, 0.25) is 0 Å². The molecule has 4 heteroatoms. The normalized spacial score (nSPS) is 17.0. The van der Waals surface area contributed by atoms with E-state index in [2.05, 4.69) is 39.4 Å². The summed E-state index contributed by atoms with van der Waals surface area (Å²) in [5.74, 6) is 0.271. The first-order valence-electron chi connectivity index (χ1n) is 7.63. The van der Waals surface area contributed by atoms with Gasteiger partial charge in [0.1, 0.15) is 0 Å². The molecule has 0 saturated carbocycles. The van der Waals surface area contributed by atoms with Crippen LogP contribution in [-0.2, 0) is 11.3 Å². The first kappa shape index (κ1) is 16.5. The molecule has 1 amide bonds. The van der Waals surface area contributed by atoms with Crippen molar-refractivity contribution in [2.75, 3.05) is 13.1 Å². The van der Waals surface area contributed by atoms with E-state index in [1.165, 1.54) is 5.56 Å². The molecule has 1 aromatic carbocycles. The van der Waals surface area contributed by atoms with Crippen molar-refractivity contribution in [3.63, 3.8) is 0 Å². The Kier molecular flexibility index (Phi) is 5.44. The number of piperidine rings is 1. The summed E-state index contributed by atoms with van der Waals surface area (Å²) in [5, 5.41) is 3.60. The number of carbonyl (C=O) groups excluding carboxylic acids is 1. The summed E-state index contributed by atoms with van der Waals surface area (Å²) >= 11 is 3.50. The number of likely N-dealkylation sites (tertiary alicyclic amines) is 1. The first-order valence-corrected chi connectivity index (χ1v) is 8.43. The van der Waals surface area contributed by atoms with Gasteiger partial charge in [-0.15, -0.1) is 0 Å². The summed E-state index contributed by atoms with van der Waals surface area (Å²) in [7, 11) is 0. The quantitative estimate of drug-likeness (QED) is 0.901. The average Bonchev–Trinajstić information content (AvgIpc) is 2.44. The number of hydrogen-bond donors (Lipinski definition) is 1. The van der Waals surface area contributed by atoms with Gasteiger partial charge in [-0.3, -0.25) is 4.79 Å². The molecule has 0 atom stereocenters. The predicted molar refractivity (Wildman–Crippen MR) is 90.0 cm³/mol. The highest BCUT2D eigenvalue weighted by Crippen LogP contribution is 2.21. The Bertz CT molecular complexity index is 488. The highest BCUT2D eigenvalue weighted by molar-refractivity contribution is 9.10. The van der Waals surface area contributed by atoms with Gasteiger partial charge in [0.15, 0.2) is 0 Å². The summed E-state index contributed by atoms with van der Waals surface area (Å²) < 4.78 is 1.12. The van der Waals surface area contributed by atoms with Crippen LogP contribution in [0, 0.1) is 5.41 Å². The highest BCUT2D eigenvalue weighted by Gasteiger charge is 2.30. The minimum Gasteiger partial charge on any atom is -0.342 e. The van der Waals surface area contributed by atoms with Crippen molar-refractivity contribution in [3.05, 3.63) is 34.3 Å². The van der Waals surface area contributed by atoms with Gasteiger partial charge in [0.2, 0.25) is 5.91 Å². The maximum Gasteiger partial charge on any atom is 0.227 e. The number of halogens is 1. The van der Waals surface area contributed by atoms with E-state index in [9.17, 15) is 4.79 Å². The number of nitrogens with one attached hydrogen (secondary N) is 1. The Morgan fingerprint density at radius 1 is 1.33 bits per heavy atom. The second-order valence-electron chi connectivity index (χ2n) is 6.83. The van der Waals surface area contributed by atoms with E-state index >= 15 is 0 Å². The Labute approximate surface area is 136 Å². The lowest BCUT2D eigenvalue weighted by Gasteiger charge is -2.36. The highest BCUT2D eigenvalue weighted by atomic mass is 79.9. The molecule has 3 nitrogen and oxygen atoms in total. The van der Waals surface area contributed by atoms with Crippen LogP contribution in [0.15, 0.2) is 28.7 Å². The summed E-state index contributed by atoms with van der Waals surface area (Å²) in [6.45, 7) is 8.60. The van der Waals surface area contributed by atoms with Crippen molar-refractivity contribution < 1.29 is 4.79 Å². The summed E-state index contributed by atoms with van der Waals surface area (Å²) in [5.41, 5.74) is 1.02. The molecule has 116 valence electrons.